The van der Waals surface area contributed by atoms with Crippen LogP contribution in [0.1, 0.15) is 40.2 Å². The minimum absolute atomic E-state index is 0.0389. The molecule has 5 rings (SSSR count). The lowest BCUT2D eigenvalue weighted by atomic mass is 10.0. The molecule has 4 aromatic rings. The molecule has 1 aliphatic rings. The molecule has 1 saturated carbocycles. The second-order valence-corrected chi connectivity index (χ2v) is 11.2. The number of nitrogens with two attached hydrogens (primary N) is 1. The van der Waals surface area contributed by atoms with Crippen molar-refractivity contribution in [3.8, 4) is 11.3 Å². The second kappa shape index (κ2) is 10.9. The molecule has 0 spiro atoms. The van der Waals surface area contributed by atoms with E-state index >= 15 is 0 Å². The first-order valence-corrected chi connectivity index (χ1v) is 14.1. The van der Waals surface area contributed by atoms with Gasteiger partial charge in [0.15, 0.2) is 0 Å². The fourth-order valence-electron chi connectivity index (χ4n) is 4.63. The maximum Gasteiger partial charge on any atom is 0.318 e. The van der Waals surface area contributed by atoms with Crippen molar-refractivity contribution >= 4 is 44.3 Å². The van der Waals surface area contributed by atoms with Crippen molar-refractivity contribution in [2.24, 2.45) is 0 Å². The van der Waals surface area contributed by atoms with Gasteiger partial charge in [-0.2, -0.15) is 8.42 Å². The summed E-state index contributed by atoms with van der Waals surface area (Å²) < 4.78 is 57.1. The number of furan rings is 1. The first kappa shape index (κ1) is 28.1. The number of hydrogen-bond donors (Lipinski definition) is 2. The standard InChI is InChI=1S/C29H28FN3O7S/c1-32-29(35)27-22-14-21(16-4-5-16)25(15-24(22)39-28(27)17-6-8-19(30)9-7-17)41(36,37)40-33(2)20-10-11-23(31)18(12-20)13-26(34)38-3/h6-12,14-16H,4-5,13,31H2,1-3H3,(H,32,35). The first-order valence-electron chi connectivity index (χ1n) is 12.7. The van der Waals surface area contributed by atoms with E-state index in [0.717, 1.165) is 17.9 Å². The molecule has 0 saturated heterocycles. The third kappa shape index (κ3) is 5.61. The number of nitrogens with zero attached hydrogens (tertiary/aromatic N) is 1. The van der Waals surface area contributed by atoms with E-state index in [0.29, 0.717) is 33.5 Å². The Bertz CT molecular complexity index is 1760. The number of ether oxygens (including phenoxy) is 1. The fourth-order valence-corrected chi connectivity index (χ4v) is 5.85. The third-order valence-corrected chi connectivity index (χ3v) is 8.24. The largest absolute Gasteiger partial charge is 0.469 e. The summed E-state index contributed by atoms with van der Waals surface area (Å²) in [5.74, 6) is -1.23. The molecule has 1 aliphatic carbocycles. The van der Waals surface area contributed by atoms with Crippen LogP contribution in [0, 0.1) is 5.82 Å². The molecule has 0 atom stereocenters. The predicted molar refractivity (Wildman–Crippen MR) is 150 cm³/mol. The van der Waals surface area contributed by atoms with Gasteiger partial charge in [-0.15, -0.1) is 4.28 Å². The van der Waals surface area contributed by atoms with Gasteiger partial charge in [0.2, 0.25) is 0 Å². The topological polar surface area (TPSA) is 141 Å². The molecule has 1 fully saturated rings. The number of esters is 1. The van der Waals surface area contributed by atoms with Crippen molar-refractivity contribution in [3.05, 3.63) is 77.1 Å². The van der Waals surface area contributed by atoms with E-state index in [2.05, 4.69) is 5.32 Å². The molecule has 1 heterocycles. The predicted octanol–water partition coefficient (Wildman–Crippen LogP) is 4.53. The maximum absolute atomic E-state index is 13.7. The Kier molecular flexibility index (Phi) is 7.45. The second-order valence-electron chi connectivity index (χ2n) is 9.71. The molecule has 214 valence electrons. The summed E-state index contributed by atoms with van der Waals surface area (Å²) in [6, 6.07) is 13.1. The zero-order valence-corrected chi connectivity index (χ0v) is 23.4. The molecule has 1 aromatic heterocycles. The van der Waals surface area contributed by atoms with Crippen molar-refractivity contribution in [1.82, 2.24) is 5.32 Å². The summed E-state index contributed by atoms with van der Waals surface area (Å²) in [5, 5.41) is 4.10. The van der Waals surface area contributed by atoms with Crippen molar-refractivity contribution in [1.29, 1.82) is 0 Å². The SMILES string of the molecule is CNC(=O)c1c(-c2ccc(F)cc2)oc2cc(S(=O)(=O)ON(C)c3ccc(N)c(CC(=O)OC)c3)c(C3CC3)cc12. The summed E-state index contributed by atoms with van der Waals surface area (Å²) in [6.45, 7) is 0. The molecular weight excluding hydrogens is 553 g/mol. The number of hydroxylamine groups is 1. The molecule has 0 radical (unpaired) electrons. The van der Waals surface area contributed by atoms with Gasteiger partial charge < -0.3 is 20.2 Å². The highest BCUT2D eigenvalue weighted by atomic mass is 32.2. The summed E-state index contributed by atoms with van der Waals surface area (Å²) in [4.78, 5) is 24.6. The molecule has 3 N–H and O–H groups in total. The lowest BCUT2D eigenvalue weighted by molar-refractivity contribution is -0.139. The number of anilines is 2. The van der Waals surface area contributed by atoms with Crippen LogP contribution in [0.5, 0.6) is 0 Å². The van der Waals surface area contributed by atoms with Crippen LogP contribution in [0.3, 0.4) is 0 Å². The highest BCUT2D eigenvalue weighted by Crippen LogP contribution is 2.46. The lowest BCUT2D eigenvalue weighted by Gasteiger charge is -2.20. The van der Waals surface area contributed by atoms with E-state index in [1.165, 1.54) is 51.5 Å². The Morgan fingerprint density at radius 1 is 1.12 bits per heavy atom. The Balaban J connectivity index is 1.57. The van der Waals surface area contributed by atoms with Crippen LogP contribution in [0.4, 0.5) is 15.8 Å². The average Bonchev–Trinajstić information content (AvgIpc) is 3.73. The Labute approximate surface area is 235 Å². The number of amides is 1. The zero-order chi connectivity index (χ0) is 29.5. The first-order chi connectivity index (χ1) is 19.5. The number of nitrogens with one attached hydrogen (secondary N) is 1. The molecule has 41 heavy (non-hydrogen) atoms. The molecule has 12 heteroatoms. The number of hydrogen-bond acceptors (Lipinski definition) is 9. The van der Waals surface area contributed by atoms with Crippen LogP contribution in [0.15, 0.2) is 63.9 Å². The van der Waals surface area contributed by atoms with E-state index in [-0.39, 0.29) is 34.1 Å². The van der Waals surface area contributed by atoms with Gasteiger partial charge in [-0.1, -0.05) is 0 Å². The highest BCUT2D eigenvalue weighted by Gasteiger charge is 2.34. The van der Waals surface area contributed by atoms with Crippen LogP contribution in [0.2, 0.25) is 0 Å². The van der Waals surface area contributed by atoms with Crippen LogP contribution >= 0.6 is 0 Å². The number of methoxy groups -OCH3 is 1. The zero-order valence-electron chi connectivity index (χ0n) is 22.6. The highest BCUT2D eigenvalue weighted by molar-refractivity contribution is 7.86. The van der Waals surface area contributed by atoms with Gasteiger partial charge in [0.25, 0.3) is 5.91 Å². The molecule has 3 aromatic carbocycles. The van der Waals surface area contributed by atoms with E-state index in [9.17, 15) is 22.4 Å². The van der Waals surface area contributed by atoms with Crippen molar-refractivity contribution in [2.45, 2.75) is 30.1 Å². The normalized spacial score (nSPS) is 13.3. The Hall–Kier alpha value is -4.42. The Morgan fingerprint density at radius 2 is 1.83 bits per heavy atom. The van der Waals surface area contributed by atoms with Crippen LogP contribution < -0.4 is 16.1 Å². The minimum Gasteiger partial charge on any atom is -0.469 e. The number of benzene rings is 3. The van der Waals surface area contributed by atoms with Crippen LogP contribution in [-0.4, -0.2) is 41.5 Å². The minimum atomic E-state index is -4.39. The van der Waals surface area contributed by atoms with E-state index < -0.39 is 27.8 Å². The smallest absolute Gasteiger partial charge is 0.318 e. The quantitative estimate of drug-likeness (QED) is 0.166. The van der Waals surface area contributed by atoms with Gasteiger partial charge in [0.1, 0.15) is 22.1 Å². The monoisotopic (exact) mass is 581 g/mol. The lowest BCUT2D eigenvalue weighted by Crippen LogP contribution is -2.24. The number of carbonyl (C=O) groups is 2. The number of carbonyl (C=O) groups excluding carboxylic acids is 2. The van der Waals surface area contributed by atoms with Gasteiger partial charge in [-0.25, -0.2) is 9.45 Å². The van der Waals surface area contributed by atoms with Gasteiger partial charge >= 0.3 is 16.1 Å². The number of halogens is 1. The van der Waals surface area contributed by atoms with Crippen LogP contribution in [-0.2, 0) is 30.4 Å². The maximum atomic E-state index is 13.7. The Morgan fingerprint density at radius 3 is 2.46 bits per heavy atom. The molecule has 10 nitrogen and oxygen atoms in total. The fraction of sp³-hybridized carbons (Fsp3) is 0.241. The van der Waals surface area contributed by atoms with Gasteiger partial charge in [0.05, 0.1) is 24.8 Å². The molecule has 0 unspecified atom stereocenters. The van der Waals surface area contributed by atoms with E-state index in [4.69, 9.17) is 19.2 Å². The summed E-state index contributed by atoms with van der Waals surface area (Å²) in [5.41, 5.74) is 8.46. The van der Waals surface area contributed by atoms with Crippen molar-refractivity contribution in [3.63, 3.8) is 0 Å². The number of nitrogen functional groups attached to an aromatic ring is 1. The van der Waals surface area contributed by atoms with Gasteiger partial charge in [-0.3, -0.25) is 9.59 Å². The summed E-state index contributed by atoms with van der Waals surface area (Å²) in [7, 11) is -0.231. The third-order valence-electron chi connectivity index (χ3n) is 6.93. The van der Waals surface area contributed by atoms with E-state index in [1.807, 2.05) is 0 Å². The van der Waals surface area contributed by atoms with Crippen molar-refractivity contribution < 1.29 is 35.8 Å². The average molecular weight is 582 g/mol. The van der Waals surface area contributed by atoms with Gasteiger partial charge in [0, 0.05) is 36.8 Å². The molecular formula is C29H28FN3O7S. The molecule has 0 bridgehead atoms. The summed E-state index contributed by atoms with van der Waals surface area (Å²) >= 11 is 0. The van der Waals surface area contributed by atoms with E-state index in [1.54, 1.807) is 24.3 Å². The summed E-state index contributed by atoms with van der Waals surface area (Å²) in [6.07, 6.45) is 1.45. The molecule has 0 aliphatic heterocycles. The number of fused-ring (bicyclic) bond motifs is 1. The molecule has 1 amide bonds. The van der Waals surface area contributed by atoms with Crippen molar-refractivity contribution in [2.75, 3.05) is 32.0 Å². The number of rotatable bonds is 9. The van der Waals surface area contributed by atoms with Gasteiger partial charge in [-0.05, 0) is 78.4 Å². The van der Waals surface area contributed by atoms with Crippen LogP contribution in [0.25, 0.3) is 22.3 Å².